The fourth-order valence-electron chi connectivity index (χ4n) is 2.70. The first-order chi connectivity index (χ1) is 11.1. The number of aromatic nitrogens is 6. The van der Waals surface area contributed by atoms with Crippen molar-refractivity contribution < 1.29 is 4.79 Å². The van der Waals surface area contributed by atoms with Gasteiger partial charge < -0.3 is 11.1 Å². The van der Waals surface area contributed by atoms with Crippen molar-refractivity contribution in [1.29, 1.82) is 0 Å². The Balaban J connectivity index is 1.77. The second kappa shape index (κ2) is 5.04. The van der Waals surface area contributed by atoms with E-state index < -0.39 is 0 Å². The van der Waals surface area contributed by atoms with Crippen LogP contribution in [0.3, 0.4) is 0 Å². The van der Waals surface area contributed by atoms with Gasteiger partial charge >= 0.3 is 0 Å². The van der Waals surface area contributed by atoms with Crippen molar-refractivity contribution in [2.45, 2.75) is 32.2 Å². The third kappa shape index (κ3) is 2.20. The molecule has 1 aliphatic rings. The van der Waals surface area contributed by atoms with Gasteiger partial charge in [0, 0.05) is 11.8 Å². The number of nitrogens with zero attached hydrogens (tertiary/aromatic N) is 5. The van der Waals surface area contributed by atoms with Gasteiger partial charge in [-0.05, 0) is 26.2 Å². The van der Waals surface area contributed by atoms with E-state index in [4.69, 9.17) is 5.73 Å². The largest absolute Gasteiger partial charge is 0.383 e. The Kier molecular flexibility index (Phi) is 3.00. The molecule has 9 nitrogen and oxygen atoms in total. The van der Waals surface area contributed by atoms with Crippen molar-refractivity contribution in [2.24, 2.45) is 0 Å². The Morgan fingerprint density at radius 2 is 2.26 bits per heavy atom. The number of aromatic amines is 1. The van der Waals surface area contributed by atoms with Crippen molar-refractivity contribution in [3.63, 3.8) is 0 Å². The standard InChI is InChI=1S/C14H16N8O/c1-7-5-9(20-19-7)18-14(23)11-10-12(15)16-6-17-13(10)22(21-11)8-3-2-4-8/h5-6,8H,2-4H2,1H3,(H2,15,16,17)(H2,18,19,20,23). The molecule has 1 fully saturated rings. The minimum absolute atomic E-state index is 0.227. The van der Waals surface area contributed by atoms with Crippen molar-refractivity contribution in [3.05, 3.63) is 23.8 Å². The Morgan fingerprint density at radius 3 is 2.91 bits per heavy atom. The number of carbonyl (C=O) groups excluding carboxylic acids is 1. The molecular formula is C14H16N8O. The number of anilines is 2. The predicted molar refractivity (Wildman–Crippen MR) is 83.9 cm³/mol. The number of hydrogen-bond acceptors (Lipinski definition) is 6. The van der Waals surface area contributed by atoms with Crippen LogP contribution in [0.15, 0.2) is 12.4 Å². The maximum Gasteiger partial charge on any atom is 0.278 e. The zero-order valence-corrected chi connectivity index (χ0v) is 12.6. The number of aryl methyl sites for hydroxylation is 1. The lowest BCUT2D eigenvalue weighted by Crippen LogP contribution is -2.20. The maximum absolute atomic E-state index is 12.6. The summed E-state index contributed by atoms with van der Waals surface area (Å²) in [6.07, 6.45) is 4.61. The molecule has 0 radical (unpaired) electrons. The lowest BCUT2D eigenvalue weighted by atomic mass is 9.93. The van der Waals surface area contributed by atoms with Gasteiger partial charge in [0.25, 0.3) is 5.91 Å². The highest BCUT2D eigenvalue weighted by Gasteiger charge is 2.28. The van der Waals surface area contributed by atoms with E-state index in [1.54, 1.807) is 10.7 Å². The van der Waals surface area contributed by atoms with E-state index in [0.717, 1.165) is 25.0 Å². The molecule has 4 rings (SSSR count). The van der Waals surface area contributed by atoms with Gasteiger partial charge in [-0.25, -0.2) is 14.6 Å². The van der Waals surface area contributed by atoms with Gasteiger partial charge in [-0.3, -0.25) is 9.89 Å². The minimum Gasteiger partial charge on any atom is -0.383 e. The average molecular weight is 312 g/mol. The number of amides is 1. The highest BCUT2D eigenvalue weighted by Crippen LogP contribution is 2.34. The number of H-pyrrole nitrogens is 1. The highest BCUT2D eigenvalue weighted by atomic mass is 16.2. The molecule has 0 bridgehead atoms. The first kappa shape index (κ1) is 13.7. The van der Waals surface area contributed by atoms with Gasteiger partial charge in [-0.1, -0.05) is 0 Å². The zero-order valence-electron chi connectivity index (χ0n) is 12.6. The SMILES string of the molecule is Cc1cc(NC(=O)c2nn(C3CCC3)c3ncnc(N)c23)n[nH]1. The molecule has 1 aliphatic carbocycles. The Hall–Kier alpha value is -2.97. The van der Waals surface area contributed by atoms with E-state index in [9.17, 15) is 4.79 Å². The molecule has 0 aromatic carbocycles. The molecule has 23 heavy (non-hydrogen) atoms. The van der Waals surface area contributed by atoms with Crippen LogP contribution >= 0.6 is 0 Å². The molecule has 1 saturated carbocycles. The van der Waals surface area contributed by atoms with E-state index in [2.05, 4.69) is 30.6 Å². The second-order valence-corrected chi connectivity index (χ2v) is 5.73. The number of hydrogen-bond donors (Lipinski definition) is 3. The summed E-state index contributed by atoms with van der Waals surface area (Å²) in [4.78, 5) is 20.8. The van der Waals surface area contributed by atoms with E-state index in [0.29, 0.717) is 16.9 Å². The van der Waals surface area contributed by atoms with E-state index in [-0.39, 0.29) is 23.5 Å². The number of nitrogens with one attached hydrogen (secondary N) is 2. The highest BCUT2D eigenvalue weighted by molar-refractivity contribution is 6.12. The number of nitrogens with two attached hydrogens (primary N) is 1. The van der Waals surface area contributed by atoms with Gasteiger partial charge in [-0.15, -0.1) is 0 Å². The summed E-state index contributed by atoms with van der Waals surface area (Å²) in [7, 11) is 0. The third-order valence-corrected chi connectivity index (χ3v) is 4.10. The summed E-state index contributed by atoms with van der Waals surface area (Å²) in [5.74, 6) is 0.319. The van der Waals surface area contributed by atoms with Crippen molar-refractivity contribution in [3.8, 4) is 0 Å². The summed E-state index contributed by atoms with van der Waals surface area (Å²) in [5.41, 5.74) is 7.64. The van der Waals surface area contributed by atoms with Crippen LogP contribution in [0.2, 0.25) is 0 Å². The zero-order chi connectivity index (χ0) is 16.0. The van der Waals surface area contributed by atoms with Gasteiger partial charge in [0.2, 0.25) is 0 Å². The number of rotatable bonds is 3. The lowest BCUT2D eigenvalue weighted by molar-refractivity contribution is 0.102. The fraction of sp³-hybridized carbons (Fsp3) is 0.357. The van der Waals surface area contributed by atoms with E-state index >= 15 is 0 Å². The van der Waals surface area contributed by atoms with Gasteiger partial charge in [-0.2, -0.15) is 10.2 Å². The molecule has 0 spiro atoms. The quantitative estimate of drug-likeness (QED) is 0.671. The molecule has 0 atom stereocenters. The summed E-state index contributed by atoms with van der Waals surface area (Å²) in [6.45, 7) is 1.86. The van der Waals surface area contributed by atoms with Crippen molar-refractivity contribution in [2.75, 3.05) is 11.1 Å². The van der Waals surface area contributed by atoms with E-state index in [1.165, 1.54) is 6.33 Å². The summed E-state index contributed by atoms with van der Waals surface area (Å²) in [5, 5.41) is 14.4. The fourth-order valence-corrected chi connectivity index (χ4v) is 2.70. The normalized spacial score (nSPS) is 14.8. The number of fused-ring (bicyclic) bond motifs is 1. The Morgan fingerprint density at radius 1 is 1.43 bits per heavy atom. The Labute approximate surface area is 131 Å². The van der Waals surface area contributed by atoms with Crippen LogP contribution < -0.4 is 11.1 Å². The molecule has 0 unspecified atom stereocenters. The van der Waals surface area contributed by atoms with Crippen molar-refractivity contribution >= 4 is 28.6 Å². The number of carbonyl (C=O) groups is 1. The summed E-state index contributed by atoms with van der Waals surface area (Å²) >= 11 is 0. The molecule has 3 aromatic rings. The molecule has 1 amide bonds. The summed E-state index contributed by atoms with van der Waals surface area (Å²) < 4.78 is 1.79. The van der Waals surface area contributed by atoms with E-state index in [1.807, 2.05) is 6.92 Å². The molecule has 3 heterocycles. The molecule has 3 aromatic heterocycles. The van der Waals surface area contributed by atoms with Gasteiger partial charge in [0.05, 0.1) is 11.4 Å². The lowest BCUT2D eigenvalue weighted by Gasteiger charge is -2.25. The topological polar surface area (TPSA) is 127 Å². The maximum atomic E-state index is 12.6. The van der Waals surface area contributed by atoms with Crippen LogP contribution in [0.25, 0.3) is 11.0 Å². The molecule has 4 N–H and O–H groups in total. The molecular weight excluding hydrogens is 296 g/mol. The van der Waals surface area contributed by atoms with Crippen LogP contribution in [-0.2, 0) is 0 Å². The number of nitrogen functional groups attached to an aromatic ring is 1. The second-order valence-electron chi connectivity index (χ2n) is 5.73. The molecule has 9 heteroatoms. The van der Waals surface area contributed by atoms with Gasteiger partial charge in [0.15, 0.2) is 17.2 Å². The first-order valence-electron chi connectivity index (χ1n) is 7.45. The molecule has 0 saturated heterocycles. The average Bonchev–Trinajstić information content (AvgIpc) is 3.03. The Bertz CT molecular complexity index is 891. The minimum atomic E-state index is -0.374. The molecule has 0 aliphatic heterocycles. The monoisotopic (exact) mass is 312 g/mol. The van der Waals surface area contributed by atoms with Crippen LogP contribution in [0.4, 0.5) is 11.6 Å². The first-order valence-corrected chi connectivity index (χ1v) is 7.45. The van der Waals surface area contributed by atoms with Crippen LogP contribution in [0.1, 0.15) is 41.5 Å². The van der Waals surface area contributed by atoms with Crippen LogP contribution in [-0.4, -0.2) is 35.9 Å². The van der Waals surface area contributed by atoms with Crippen LogP contribution in [0, 0.1) is 6.92 Å². The third-order valence-electron chi connectivity index (χ3n) is 4.10. The van der Waals surface area contributed by atoms with Crippen molar-refractivity contribution in [1.82, 2.24) is 29.9 Å². The van der Waals surface area contributed by atoms with Crippen LogP contribution in [0.5, 0.6) is 0 Å². The molecule has 118 valence electrons. The predicted octanol–water partition coefficient (Wildman–Crippen LogP) is 1.42. The van der Waals surface area contributed by atoms with Gasteiger partial charge in [0.1, 0.15) is 12.1 Å². The summed E-state index contributed by atoms with van der Waals surface area (Å²) in [6, 6.07) is 2.00. The smallest absolute Gasteiger partial charge is 0.278 e.